The van der Waals surface area contributed by atoms with E-state index in [0.717, 1.165) is 42.0 Å². The Morgan fingerprint density at radius 2 is 1.82 bits per heavy atom. The van der Waals surface area contributed by atoms with Gasteiger partial charge in [-0.25, -0.2) is 0 Å². The van der Waals surface area contributed by atoms with Crippen LogP contribution in [0.25, 0.3) is 11.3 Å². The van der Waals surface area contributed by atoms with Crippen molar-refractivity contribution in [3.63, 3.8) is 0 Å². The Morgan fingerprint density at radius 3 is 2.53 bits per heavy atom. The molecule has 1 N–H and O–H groups in total. The van der Waals surface area contributed by atoms with Crippen molar-refractivity contribution >= 4 is 11.7 Å². The van der Waals surface area contributed by atoms with Gasteiger partial charge in [-0.3, -0.25) is 4.79 Å². The molecule has 1 aliphatic rings. The molecule has 1 amide bonds. The van der Waals surface area contributed by atoms with Crippen molar-refractivity contribution in [2.75, 3.05) is 32.2 Å². The monoisotopic (exact) mass is 460 g/mol. The number of amides is 1. The molecule has 0 aliphatic carbocycles. The lowest BCUT2D eigenvalue weighted by atomic mass is 9.97. The minimum Gasteiger partial charge on any atom is -0.493 e. The summed E-state index contributed by atoms with van der Waals surface area (Å²) in [5.41, 5.74) is 5.38. The largest absolute Gasteiger partial charge is 0.493 e. The number of benzene rings is 2. The number of nitrogens with one attached hydrogen (secondary N) is 1. The minimum absolute atomic E-state index is 0.0548. The van der Waals surface area contributed by atoms with Crippen molar-refractivity contribution in [1.82, 2.24) is 15.5 Å². The summed E-state index contributed by atoms with van der Waals surface area (Å²) in [4.78, 5) is 15.0. The maximum Gasteiger partial charge on any atom is 0.225 e. The topological polar surface area (TPSA) is 76.6 Å². The van der Waals surface area contributed by atoms with E-state index in [9.17, 15) is 4.79 Å². The molecule has 0 bridgehead atoms. The predicted molar refractivity (Wildman–Crippen MR) is 133 cm³/mol. The number of ether oxygens (including phenoxy) is 2. The molecule has 7 nitrogen and oxygen atoms in total. The van der Waals surface area contributed by atoms with E-state index in [2.05, 4.69) is 52.5 Å². The molecular weight excluding hydrogens is 428 g/mol. The van der Waals surface area contributed by atoms with Crippen molar-refractivity contribution < 1.29 is 14.3 Å². The van der Waals surface area contributed by atoms with Gasteiger partial charge in [0.1, 0.15) is 0 Å². The standard InChI is InChI=1S/C27H32N4O3/c1-18-7-9-21(14-19(18)2)23-10-12-26(30-29-23)31-13-5-6-22(17-31)27(32)28-16-20-8-11-24(33-3)25(15-20)34-4/h7-12,14-15,22H,5-6,13,16-17H2,1-4H3,(H,28,32)/t22-/m0/s1. The third-order valence-corrected chi connectivity index (χ3v) is 6.48. The minimum atomic E-state index is -0.0879. The van der Waals surface area contributed by atoms with Crippen LogP contribution in [0.3, 0.4) is 0 Å². The SMILES string of the molecule is COc1ccc(CNC(=O)[C@H]2CCCN(c3ccc(-c4ccc(C)c(C)c4)nn3)C2)cc1OC. The maximum atomic E-state index is 12.9. The van der Waals surface area contributed by atoms with Crippen LogP contribution >= 0.6 is 0 Å². The van der Waals surface area contributed by atoms with Gasteiger partial charge in [-0.2, -0.15) is 0 Å². The molecule has 1 atom stereocenters. The molecule has 7 heteroatoms. The molecule has 4 rings (SSSR count). The van der Waals surface area contributed by atoms with Gasteiger partial charge >= 0.3 is 0 Å². The third kappa shape index (κ3) is 5.30. The lowest BCUT2D eigenvalue weighted by Gasteiger charge is -2.32. The molecule has 1 saturated heterocycles. The van der Waals surface area contributed by atoms with Gasteiger partial charge in [0.15, 0.2) is 17.3 Å². The molecule has 0 unspecified atom stereocenters. The molecule has 1 fully saturated rings. The van der Waals surface area contributed by atoms with Crippen molar-refractivity contribution in [1.29, 1.82) is 0 Å². The van der Waals surface area contributed by atoms with Gasteiger partial charge in [0, 0.05) is 25.2 Å². The fraction of sp³-hybridized carbons (Fsp3) is 0.370. The normalized spacial score (nSPS) is 15.6. The Kier molecular flexibility index (Phi) is 7.30. The van der Waals surface area contributed by atoms with Crippen molar-refractivity contribution in [2.24, 2.45) is 5.92 Å². The highest BCUT2D eigenvalue weighted by atomic mass is 16.5. The van der Waals surface area contributed by atoms with E-state index in [1.165, 1.54) is 11.1 Å². The van der Waals surface area contributed by atoms with Crippen LogP contribution < -0.4 is 19.7 Å². The Bertz CT molecular complexity index is 1150. The number of hydrogen-bond donors (Lipinski definition) is 1. The summed E-state index contributed by atoms with van der Waals surface area (Å²) < 4.78 is 10.6. The second kappa shape index (κ2) is 10.5. The summed E-state index contributed by atoms with van der Waals surface area (Å²) in [6, 6.07) is 16.0. The first-order valence-corrected chi connectivity index (χ1v) is 11.6. The number of rotatable bonds is 7. The molecule has 0 spiro atoms. The Hall–Kier alpha value is -3.61. The van der Waals surface area contributed by atoms with E-state index in [0.29, 0.717) is 24.6 Å². The number of nitrogens with zero attached hydrogens (tertiary/aromatic N) is 3. The lowest BCUT2D eigenvalue weighted by molar-refractivity contribution is -0.125. The van der Waals surface area contributed by atoms with Crippen LogP contribution in [0.4, 0.5) is 5.82 Å². The van der Waals surface area contributed by atoms with Gasteiger partial charge in [0.05, 0.1) is 25.8 Å². The van der Waals surface area contributed by atoms with E-state index in [1.807, 2.05) is 30.3 Å². The molecular formula is C27H32N4O3. The van der Waals surface area contributed by atoms with Crippen LogP contribution in [0.15, 0.2) is 48.5 Å². The molecule has 0 radical (unpaired) electrons. The zero-order valence-electron chi connectivity index (χ0n) is 20.3. The van der Waals surface area contributed by atoms with Gasteiger partial charge in [0.25, 0.3) is 0 Å². The van der Waals surface area contributed by atoms with Crippen molar-refractivity contribution in [3.8, 4) is 22.8 Å². The number of aromatic nitrogens is 2. The second-order valence-corrected chi connectivity index (χ2v) is 8.77. The molecule has 0 saturated carbocycles. The lowest BCUT2D eigenvalue weighted by Crippen LogP contribution is -2.43. The van der Waals surface area contributed by atoms with Crippen molar-refractivity contribution in [2.45, 2.75) is 33.2 Å². The average molecular weight is 461 g/mol. The van der Waals surface area contributed by atoms with E-state index in [4.69, 9.17) is 9.47 Å². The molecule has 34 heavy (non-hydrogen) atoms. The Morgan fingerprint density at radius 1 is 1.00 bits per heavy atom. The fourth-order valence-corrected chi connectivity index (χ4v) is 4.27. The quantitative estimate of drug-likeness (QED) is 0.566. The smallest absolute Gasteiger partial charge is 0.225 e. The van der Waals surface area contributed by atoms with Crippen molar-refractivity contribution in [3.05, 3.63) is 65.2 Å². The van der Waals surface area contributed by atoms with Gasteiger partial charge in [-0.15, -0.1) is 10.2 Å². The first-order chi connectivity index (χ1) is 16.5. The summed E-state index contributed by atoms with van der Waals surface area (Å²) >= 11 is 0. The zero-order valence-corrected chi connectivity index (χ0v) is 20.3. The summed E-state index contributed by atoms with van der Waals surface area (Å²) in [6.45, 7) is 6.15. The second-order valence-electron chi connectivity index (χ2n) is 8.77. The first-order valence-electron chi connectivity index (χ1n) is 11.6. The summed E-state index contributed by atoms with van der Waals surface area (Å²) in [6.07, 6.45) is 1.80. The Labute approximate surface area is 201 Å². The average Bonchev–Trinajstić information content (AvgIpc) is 2.88. The predicted octanol–water partition coefficient (Wildman–Crippen LogP) is 4.31. The van der Waals surface area contributed by atoms with E-state index in [1.54, 1.807) is 14.2 Å². The zero-order chi connectivity index (χ0) is 24.1. The molecule has 3 aromatic rings. The van der Waals surface area contributed by atoms with E-state index >= 15 is 0 Å². The van der Waals surface area contributed by atoms with Crippen LogP contribution in [0.2, 0.25) is 0 Å². The number of carbonyl (C=O) groups excluding carboxylic acids is 1. The number of methoxy groups -OCH3 is 2. The summed E-state index contributed by atoms with van der Waals surface area (Å²) in [7, 11) is 3.21. The third-order valence-electron chi connectivity index (χ3n) is 6.48. The maximum absolute atomic E-state index is 12.9. The molecule has 2 heterocycles. The van der Waals surface area contributed by atoms with Crippen LogP contribution in [-0.2, 0) is 11.3 Å². The van der Waals surface area contributed by atoms with Crippen LogP contribution in [0, 0.1) is 19.8 Å². The number of hydrogen-bond acceptors (Lipinski definition) is 6. The summed E-state index contributed by atoms with van der Waals surface area (Å²) in [5.74, 6) is 2.10. The Balaban J connectivity index is 1.37. The molecule has 1 aliphatic heterocycles. The number of carbonyl (C=O) groups is 1. The highest BCUT2D eigenvalue weighted by molar-refractivity contribution is 5.79. The fourth-order valence-electron chi connectivity index (χ4n) is 4.27. The molecule has 178 valence electrons. The van der Waals surface area contributed by atoms with Crippen LogP contribution in [-0.4, -0.2) is 43.4 Å². The highest BCUT2D eigenvalue weighted by Gasteiger charge is 2.26. The number of aryl methyl sites for hydroxylation is 2. The van der Waals surface area contributed by atoms with Gasteiger partial charge in [-0.1, -0.05) is 18.2 Å². The number of piperidine rings is 1. The van der Waals surface area contributed by atoms with Crippen LogP contribution in [0.5, 0.6) is 11.5 Å². The molecule has 2 aromatic carbocycles. The highest BCUT2D eigenvalue weighted by Crippen LogP contribution is 2.28. The van der Waals surface area contributed by atoms with E-state index in [-0.39, 0.29) is 11.8 Å². The molecule has 1 aromatic heterocycles. The van der Waals surface area contributed by atoms with Gasteiger partial charge in [0.2, 0.25) is 5.91 Å². The first kappa shape index (κ1) is 23.5. The van der Waals surface area contributed by atoms with E-state index < -0.39 is 0 Å². The summed E-state index contributed by atoms with van der Waals surface area (Å²) in [5, 5.41) is 12.0. The van der Waals surface area contributed by atoms with Gasteiger partial charge < -0.3 is 19.7 Å². The number of anilines is 1. The van der Waals surface area contributed by atoms with Gasteiger partial charge in [-0.05, 0) is 73.7 Å². The van der Waals surface area contributed by atoms with Crippen LogP contribution in [0.1, 0.15) is 29.5 Å².